The van der Waals surface area contributed by atoms with Gasteiger partial charge in [0.2, 0.25) is 0 Å². The molecular formula is C8H16N2O3. The molecule has 5 nitrogen and oxygen atoms in total. The number of carbonyl (C=O) groups is 1. The van der Waals surface area contributed by atoms with Crippen LogP contribution < -0.4 is 10.8 Å². The second kappa shape index (κ2) is 5.04. The number of urea groups is 1. The molecule has 0 aromatic heterocycles. The smallest absolute Gasteiger partial charge is 0.338 e. The van der Waals surface area contributed by atoms with Gasteiger partial charge in [0.25, 0.3) is 0 Å². The van der Waals surface area contributed by atoms with Crippen LogP contribution in [-0.2, 0) is 4.84 Å². The van der Waals surface area contributed by atoms with E-state index < -0.39 is 0 Å². The van der Waals surface area contributed by atoms with E-state index in [1.165, 1.54) is 7.11 Å². The summed E-state index contributed by atoms with van der Waals surface area (Å²) in [5, 5.41) is 12.0. The van der Waals surface area contributed by atoms with Gasteiger partial charge in [-0.25, -0.2) is 10.3 Å². The molecule has 1 aliphatic carbocycles. The van der Waals surface area contributed by atoms with Crippen molar-refractivity contribution in [2.45, 2.75) is 37.8 Å². The maximum absolute atomic E-state index is 11.0. The predicted molar refractivity (Wildman–Crippen MR) is 46.9 cm³/mol. The lowest BCUT2D eigenvalue weighted by Gasteiger charge is -2.25. The summed E-state index contributed by atoms with van der Waals surface area (Å²) in [6.07, 6.45) is 3.00. The first-order chi connectivity index (χ1) is 6.22. The van der Waals surface area contributed by atoms with E-state index in [1.807, 2.05) is 0 Å². The summed E-state index contributed by atoms with van der Waals surface area (Å²) in [7, 11) is 1.39. The molecule has 0 aliphatic heterocycles. The molecule has 13 heavy (non-hydrogen) atoms. The Bertz CT molecular complexity index is 167. The van der Waals surface area contributed by atoms with Crippen molar-refractivity contribution in [2.75, 3.05) is 7.11 Å². The molecule has 0 aromatic carbocycles. The molecule has 76 valence electrons. The summed E-state index contributed by atoms with van der Waals surface area (Å²) in [5.41, 5.74) is 2.19. The fourth-order valence-electron chi connectivity index (χ4n) is 1.53. The molecule has 0 saturated heterocycles. The van der Waals surface area contributed by atoms with Gasteiger partial charge in [0.05, 0.1) is 13.2 Å². The minimum atomic E-state index is -0.316. The van der Waals surface area contributed by atoms with Crippen LogP contribution in [-0.4, -0.2) is 30.4 Å². The topological polar surface area (TPSA) is 70.6 Å². The van der Waals surface area contributed by atoms with Crippen LogP contribution in [0.2, 0.25) is 0 Å². The average Bonchev–Trinajstić information content (AvgIpc) is 2.09. The van der Waals surface area contributed by atoms with Crippen LogP contribution in [0.25, 0.3) is 0 Å². The number of hydroxylamine groups is 1. The first-order valence-electron chi connectivity index (χ1n) is 4.50. The minimum absolute atomic E-state index is 0.165. The van der Waals surface area contributed by atoms with Gasteiger partial charge in [-0.2, -0.15) is 0 Å². The van der Waals surface area contributed by atoms with Crippen molar-refractivity contribution < 1.29 is 14.7 Å². The first kappa shape index (κ1) is 10.3. The van der Waals surface area contributed by atoms with Crippen LogP contribution in [0, 0.1) is 0 Å². The third-order valence-electron chi connectivity index (χ3n) is 2.23. The first-order valence-corrected chi connectivity index (χ1v) is 4.50. The van der Waals surface area contributed by atoms with Gasteiger partial charge in [-0.1, -0.05) is 0 Å². The Morgan fingerprint density at radius 2 is 2.00 bits per heavy atom. The molecule has 0 heterocycles. The summed E-state index contributed by atoms with van der Waals surface area (Å²) >= 11 is 0. The summed E-state index contributed by atoms with van der Waals surface area (Å²) in [4.78, 5) is 15.4. The quantitative estimate of drug-likeness (QED) is 0.540. The number of aliphatic hydroxyl groups is 1. The Kier molecular flexibility index (Phi) is 3.98. The van der Waals surface area contributed by atoms with Crippen LogP contribution in [0.5, 0.6) is 0 Å². The summed E-state index contributed by atoms with van der Waals surface area (Å²) in [5.74, 6) is 0. The Balaban J connectivity index is 2.18. The van der Waals surface area contributed by atoms with Crippen molar-refractivity contribution >= 4 is 6.03 Å². The normalized spacial score (nSPS) is 28.2. The Hall–Kier alpha value is -0.810. The van der Waals surface area contributed by atoms with E-state index in [0.717, 1.165) is 25.7 Å². The van der Waals surface area contributed by atoms with Gasteiger partial charge in [0, 0.05) is 6.04 Å². The lowest BCUT2D eigenvalue weighted by atomic mass is 9.93. The molecule has 1 aliphatic rings. The standard InChI is InChI=1S/C8H16N2O3/c1-13-10-8(12)9-6-2-4-7(11)5-3-6/h6-7,11H,2-5H2,1H3,(H2,9,10,12). The summed E-state index contributed by atoms with van der Waals surface area (Å²) < 4.78 is 0. The summed E-state index contributed by atoms with van der Waals surface area (Å²) in [6.45, 7) is 0. The van der Waals surface area contributed by atoms with E-state index in [2.05, 4.69) is 15.6 Å². The van der Waals surface area contributed by atoms with Crippen LogP contribution >= 0.6 is 0 Å². The number of carbonyl (C=O) groups excluding carboxylic acids is 1. The zero-order chi connectivity index (χ0) is 9.68. The van der Waals surface area contributed by atoms with Gasteiger partial charge >= 0.3 is 6.03 Å². The highest BCUT2D eigenvalue weighted by Gasteiger charge is 2.20. The van der Waals surface area contributed by atoms with E-state index in [0.29, 0.717) is 0 Å². The number of rotatable bonds is 2. The van der Waals surface area contributed by atoms with Crippen LogP contribution in [0.1, 0.15) is 25.7 Å². The van der Waals surface area contributed by atoms with Crippen molar-refractivity contribution in [3.63, 3.8) is 0 Å². The van der Waals surface area contributed by atoms with Crippen LogP contribution in [0.15, 0.2) is 0 Å². The molecule has 0 unspecified atom stereocenters. The molecule has 5 heteroatoms. The van der Waals surface area contributed by atoms with E-state index in [9.17, 15) is 9.90 Å². The van der Waals surface area contributed by atoms with E-state index in [1.54, 1.807) is 0 Å². The maximum atomic E-state index is 11.0. The molecule has 0 spiro atoms. The minimum Gasteiger partial charge on any atom is -0.393 e. The van der Waals surface area contributed by atoms with Crippen molar-refractivity contribution in [2.24, 2.45) is 0 Å². The second-order valence-corrected chi connectivity index (χ2v) is 3.29. The predicted octanol–water partition coefficient (Wildman–Crippen LogP) is 0.150. The average molecular weight is 188 g/mol. The highest BCUT2D eigenvalue weighted by Crippen LogP contribution is 2.17. The molecule has 3 N–H and O–H groups in total. The highest BCUT2D eigenvalue weighted by atomic mass is 16.6. The number of nitrogens with one attached hydrogen (secondary N) is 2. The van der Waals surface area contributed by atoms with Crippen molar-refractivity contribution in [3.05, 3.63) is 0 Å². The largest absolute Gasteiger partial charge is 0.393 e. The SMILES string of the molecule is CONC(=O)NC1CCC(O)CC1. The summed E-state index contributed by atoms with van der Waals surface area (Å²) in [6, 6.07) is -0.151. The van der Waals surface area contributed by atoms with E-state index >= 15 is 0 Å². The van der Waals surface area contributed by atoms with E-state index in [4.69, 9.17) is 0 Å². The zero-order valence-corrected chi connectivity index (χ0v) is 7.75. The molecule has 0 aromatic rings. The molecule has 1 rings (SSSR count). The van der Waals surface area contributed by atoms with Gasteiger partial charge < -0.3 is 10.4 Å². The lowest BCUT2D eigenvalue weighted by Crippen LogP contribution is -2.43. The number of amides is 2. The highest BCUT2D eigenvalue weighted by molar-refractivity contribution is 5.72. The van der Waals surface area contributed by atoms with Gasteiger partial charge in [-0.3, -0.25) is 4.84 Å². The zero-order valence-electron chi connectivity index (χ0n) is 7.75. The molecule has 1 fully saturated rings. The number of hydrogen-bond donors (Lipinski definition) is 3. The van der Waals surface area contributed by atoms with Crippen molar-refractivity contribution in [1.29, 1.82) is 0 Å². The van der Waals surface area contributed by atoms with Gasteiger partial charge in [-0.15, -0.1) is 0 Å². The van der Waals surface area contributed by atoms with Crippen LogP contribution in [0.4, 0.5) is 4.79 Å². The second-order valence-electron chi connectivity index (χ2n) is 3.29. The monoisotopic (exact) mass is 188 g/mol. The molecule has 0 bridgehead atoms. The van der Waals surface area contributed by atoms with Crippen molar-refractivity contribution in [1.82, 2.24) is 10.8 Å². The van der Waals surface area contributed by atoms with E-state index in [-0.39, 0.29) is 18.2 Å². The van der Waals surface area contributed by atoms with Gasteiger partial charge in [0.1, 0.15) is 0 Å². The Morgan fingerprint density at radius 3 is 2.54 bits per heavy atom. The number of aliphatic hydroxyl groups excluding tert-OH is 1. The third kappa shape index (κ3) is 3.61. The van der Waals surface area contributed by atoms with Gasteiger partial charge in [0.15, 0.2) is 0 Å². The fourth-order valence-corrected chi connectivity index (χ4v) is 1.53. The molecular weight excluding hydrogens is 172 g/mol. The third-order valence-corrected chi connectivity index (χ3v) is 2.23. The Morgan fingerprint density at radius 1 is 1.38 bits per heavy atom. The Labute approximate surface area is 77.4 Å². The molecule has 2 amide bonds. The fraction of sp³-hybridized carbons (Fsp3) is 0.875. The molecule has 0 radical (unpaired) electrons. The molecule has 1 saturated carbocycles. The maximum Gasteiger partial charge on any atom is 0.338 e. The van der Waals surface area contributed by atoms with Gasteiger partial charge in [-0.05, 0) is 25.7 Å². The van der Waals surface area contributed by atoms with Crippen LogP contribution in [0.3, 0.4) is 0 Å². The number of hydrogen-bond acceptors (Lipinski definition) is 3. The molecule has 0 atom stereocenters. The lowest BCUT2D eigenvalue weighted by molar-refractivity contribution is 0.0961. The van der Waals surface area contributed by atoms with Crippen molar-refractivity contribution in [3.8, 4) is 0 Å².